The van der Waals surface area contributed by atoms with Gasteiger partial charge in [0, 0.05) is 0 Å². The van der Waals surface area contributed by atoms with E-state index in [1.54, 1.807) is 13.0 Å². The van der Waals surface area contributed by atoms with Gasteiger partial charge in [-0.15, -0.1) is 0 Å². The van der Waals surface area contributed by atoms with Gasteiger partial charge in [-0.05, 0) is 19.1 Å². The van der Waals surface area contributed by atoms with E-state index in [9.17, 15) is 14.0 Å². The Morgan fingerprint density at radius 2 is 2.21 bits per heavy atom. The lowest BCUT2D eigenvalue weighted by Crippen LogP contribution is -2.37. The average Bonchev–Trinajstić information content (AvgIpc) is 2.59. The maximum absolute atomic E-state index is 13.4. The molecular formula is C12H11FN2O2S2. The van der Waals surface area contributed by atoms with Crippen LogP contribution in [0.1, 0.15) is 6.92 Å². The number of anilines is 1. The zero-order valence-corrected chi connectivity index (χ0v) is 11.7. The summed E-state index contributed by atoms with van der Waals surface area (Å²) < 4.78 is 13.7. The first-order chi connectivity index (χ1) is 8.99. The molecule has 19 heavy (non-hydrogen) atoms. The average molecular weight is 298 g/mol. The van der Waals surface area contributed by atoms with E-state index >= 15 is 0 Å². The predicted molar refractivity (Wildman–Crippen MR) is 76.4 cm³/mol. The molecule has 1 heterocycles. The monoisotopic (exact) mass is 298 g/mol. The van der Waals surface area contributed by atoms with Crippen LogP contribution in [0, 0.1) is 5.82 Å². The van der Waals surface area contributed by atoms with Gasteiger partial charge in [-0.2, -0.15) is 0 Å². The number of hydrogen-bond acceptors (Lipinski definition) is 4. The lowest BCUT2D eigenvalue weighted by Gasteiger charge is -2.15. The predicted octanol–water partition coefficient (Wildman–Crippen LogP) is 2.01. The molecule has 0 spiro atoms. The van der Waals surface area contributed by atoms with Crippen LogP contribution in [0.25, 0.3) is 0 Å². The molecule has 7 heteroatoms. The van der Waals surface area contributed by atoms with Crippen LogP contribution in [-0.2, 0) is 9.59 Å². The van der Waals surface area contributed by atoms with E-state index in [0.29, 0.717) is 4.32 Å². The maximum atomic E-state index is 13.4. The van der Waals surface area contributed by atoms with Crippen LogP contribution in [0.4, 0.5) is 10.1 Å². The van der Waals surface area contributed by atoms with Crippen LogP contribution < -0.4 is 5.32 Å². The summed E-state index contributed by atoms with van der Waals surface area (Å²) in [6.07, 6.45) is 0. The van der Waals surface area contributed by atoms with Crippen LogP contribution in [-0.4, -0.2) is 32.8 Å². The Morgan fingerprint density at radius 1 is 1.53 bits per heavy atom. The van der Waals surface area contributed by atoms with Crippen LogP contribution >= 0.6 is 24.0 Å². The van der Waals surface area contributed by atoms with E-state index in [4.69, 9.17) is 12.2 Å². The fourth-order valence-corrected chi connectivity index (χ4v) is 3.01. The number of amides is 2. The van der Waals surface area contributed by atoms with Gasteiger partial charge in [0.2, 0.25) is 11.8 Å². The van der Waals surface area contributed by atoms with Gasteiger partial charge in [0.1, 0.15) is 16.7 Å². The first-order valence-electron chi connectivity index (χ1n) is 5.55. The summed E-state index contributed by atoms with van der Waals surface area (Å²) in [5.41, 5.74) is 0.0887. The summed E-state index contributed by atoms with van der Waals surface area (Å²) in [7, 11) is 0. The van der Waals surface area contributed by atoms with Crippen molar-refractivity contribution in [2.45, 2.75) is 12.2 Å². The van der Waals surface area contributed by atoms with E-state index in [1.807, 2.05) is 0 Å². The van der Waals surface area contributed by atoms with Crippen molar-refractivity contribution in [3.63, 3.8) is 0 Å². The fourth-order valence-electron chi connectivity index (χ4n) is 1.61. The second kappa shape index (κ2) is 5.66. The SMILES string of the molecule is CC1SC(=S)N(CC(=O)Nc2ccccc2F)C1=O. The van der Waals surface area contributed by atoms with Crippen molar-refractivity contribution in [3.05, 3.63) is 30.1 Å². The van der Waals surface area contributed by atoms with Gasteiger partial charge >= 0.3 is 0 Å². The summed E-state index contributed by atoms with van der Waals surface area (Å²) in [6.45, 7) is 1.54. The summed E-state index contributed by atoms with van der Waals surface area (Å²) in [5.74, 6) is -1.19. The maximum Gasteiger partial charge on any atom is 0.244 e. The third-order valence-corrected chi connectivity index (χ3v) is 4.05. The number of nitrogens with zero attached hydrogens (tertiary/aromatic N) is 1. The zero-order valence-electron chi connectivity index (χ0n) is 10.1. The van der Waals surface area contributed by atoms with Crippen molar-refractivity contribution in [1.29, 1.82) is 0 Å². The highest BCUT2D eigenvalue weighted by atomic mass is 32.2. The number of nitrogens with one attached hydrogen (secondary N) is 1. The topological polar surface area (TPSA) is 49.4 Å². The molecule has 0 radical (unpaired) electrons. The molecule has 1 aromatic rings. The minimum absolute atomic E-state index is 0.0887. The van der Waals surface area contributed by atoms with Gasteiger partial charge in [0.05, 0.1) is 10.9 Å². The molecule has 1 atom stereocenters. The standard InChI is InChI=1S/C12H11FN2O2S2/c1-7-11(17)15(12(18)19-7)6-10(16)14-9-5-3-2-4-8(9)13/h2-5,7H,6H2,1H3,(H,14,16). The van der Waals surface area contributed by atoms with Crippen molar-refractivity contribution in [3.8, 4) is 0 Å². The smallest absolute Gasteiger partial charge is 0.244 e. The van der Waals surface area contributed by atoms with Gasteiger partial charge in [0.25, 0.3) is 0 Å². The molecule has 100 valence electrons. The molecule has 1 saturated heterocycles. The van der Waals surface area contributed by atoms with E-state index in [-0.39, 0.29) is 23.4 Å². The van der Waals surface area contributed by atoms with Crippen LogP contribution in [0.5, 0.6) is 0 Å². The normalized spacial score (nSPS) is 18.8. The number of thioether (sulfide) groups is 1. The molecular weight excluding hydrogens is 287 g/mol. The molecule has 1 aliphatic heterocycles. The van der Waals surface area contributed by atoms with Gasteiger partial charge < -0.3 is 5.32 Å². The quantitative estimate of drug-likeness (QED) is 0.867. The first kappa shape index (κ1) is 14.0. The van der Waals surface area contributed by atoms with Gasteiger partial charge in [-0.25, -0.2) is 4.39 Å². The number of carbonyl (C=O) groups excluding carboxylic acids is 2. The Bertz CT molecular complexity index is 550. The number of hydrogen-bond donors (Lipinski definition) is 1. The highest BCUT2D eigenvalue weighted by molar-refractivity contribution is 8.24. The Hall–Kier alpha value is -1.47. The molecule has 1 aromatic carbocycles. The zero-order chi connectivity index (χ0) is 14.0. The second-order valence-electron chi connectivity index (χ2n) is 3.98. The summed E-state index contributed by atoms with van der Waals surface area (Å²) in [6, 6.07) is 5.85. The summed E-state index contributed by atoms with van der Waals surface area (Å²) in [5, 5.41) is 2.15. The third kappa shape index (κ3) is 3.10. The molecule has 0 bridgehead atoms. The number of benzene rings is 1. The van der Waals surface area contributed by atoms with Crippen molar-refractivity contribution in [1.82, 2.24) is 4.90 Å². The Kier molecular flexibility index (Phi) is 4.16. The van der Waals surface area contributed by atoms with Crippen LogP contribution in [0.2, 0.25) is 0 Å². The first-order valence-corrected chi connectivity index (χ1v) is 6.84. The minimum Gasteiger partial charge on any atom is -0.322 e. The number of para-hydroxylation sites is 1. The number of rotatable bonds is 3. The van der Waals surface area contributed by atoms with Gasteiger partial charge in [0.15, 0.2) is 0 Å². The lowest BCUT2D eigenvalue weighted by atomic mass is 10.3. The van der Waals surface area contributed by atoms with E-state index < -0.39 is 11.7 Å². The third-order valence-electron chi connectivity index (χ3n) is 2.56. The summed E-state index contributed by atoms with van der Waals surface area (Å²) in [4.78, 5) is 24.7. The molecule has 1 unspecified atom stereocenters. The summed E-state index contributed by atoms with van der Waals surface area (Å²) >= 11 is 6.26. The largest absolute Gasteiger partial charge is 0.322 e. The fraction of sp³-hybridized carbons (Fsp3) is 0.250. The van der Waals surface area contributed by atoms with E-state index in [2.05, 4.69) is 5.32 Å². The number of thiocarbonyl (C=S) groups is 1. The van der Waals surface area contributed by atoms with Crippen LogP contribution in [0.3, 0.4) is 0 Å². The molecule has 1 N–H and O–H groups in total. The Morgan fingerprint density at radius 3 is 2.79 bits per heavy atom. The Balaban J connectivity index is 2.01. The van der Waals surface area contributed by atoms with E-state index in [1.165, 1.54) is 34.9 Å². The van der Waals surface area contributed by atoms with Crippen molar-refractivity contribution < 1.29 is 14.0 Å². The lowest BCUT2D eigenvalue weighted by molar-refractivity contribution is -0.129. The Labute approximate surface area is 119 Å². The number of carbonyl (C=O) groups is 2. The highest BCUT2D eigenvalue weighted by Crippen LogP contribution is 2.26. The van der Waals surface area contributed by atoms with Gasteiger partial charge in [-0.3, -0.25) is 14.5 Å². The molecule has 1 fully saturated rings. The molecule has 0 aliphatic carbocycles. The molecule has 4 nitrogen and oxygen atoms in total. The molecule has 0 aromatic heterocycles. The van der Waals surface area contributed by atoms with E-state index in [0.717, 1.165) is 0 Å². The van der Waals surface area contributed by atoms with Gasteiger partial charge in [-0.1, -0.05) is 36.1 Å². The minimum atomic E-state index is -0.520. The molecule has 2 rings (SSSR count). The highest BCUT2D eigenvalue weighted by Gasteiger charge is 2.34. The van der Waals surface area contributed by atoms with Crippen molar-refractivity contribution in [2.75, 3.05) is 11.9 Å². The van der Waals surface area contributed by atoms with Crippen molar-refractivity contribution >= 4 is 45.8 Å². The second-order valence-corrected chi connectivity index (χ2v) is 5.95. The molecule has 2 amide bonds. The number of halogens is 1. The molecule has 1 aliphatic rings. The molecule has 0 saturated carbocycles. The van der Waals surface area contributed by atoms with Crippen LogP contribution in [0.15, 0.2) is 24.3 Å². The van der Waals surface area contributed by atoms with Crippen molar-refractivity contribution in [2.24, 2.45) is 0 Å².